The van der Waals surface area contributed by atoms with Crippen LogP contribution in [0.1, 0.15) is 31.2 Å². The lowest BCUT2D eigenvalue weighted by Gasteiger charge is -2.26. The van der Waals surface area contributed by atoms with E-state index in [0.29, 0.717) is 10.0 Å². The molecule has 1 aliphatic rings. The molecule has 1 aliphatic carbocycles. The van der Waals surface area contributed by atoms with E-state index in [9.17, 15) is 4.79 Å². The molecule has 0 spiro atoms. The molecule has 2 rings (SSSR count). The van der Waals surface area contributed by atoms with Crippen LogP contribution in [0.2, 0.25) is 10.0 Å². The van der Waals surface area contributed by atoms with Crippen molar-refractivity contribution in [3.8, 4) is 0 Å². The Balaban J connectivity index is 2.23. The number of halogens is 2. The summed E-state index contributed by atoms with van der Waals surface area (Å²) in [4.78, 5) is 10.9. The van der Waals surface area contributed by atoms with Crippen LogP contribution in [0.3, 0.4) is 0 Å². The highest BCUT2D eigenvalue weighted by Gasteiger charge is 2.22. The molecule has 1 saturated carbocycles. The third kappa shape index (κ3) is 3.74. The Labute approximate surface area is 123 Å². The highest BCUT2D eigenvalue weighted by Crippen LogP contribution is 2.35. The van der Waals surface area contributed by atoms with Crippen LogP contribution in [0.25, 0.3) is 0 Å². The van der Waals surface area contributed by atoms with Crippen LogP contribution in [-0.2, 0) is 11.2 Å². The normalized spacial score (nSPS) is 21.6. The Morgan fingerprint density at radius 1 is 1.32 bits per heavy atom. The van der Waals surface area contributed by atoms with Gasteiger partial charge in [0.2, 0.25) is 0 Å². The molecular weight excluding hydrogens is 283 g/mol. The van der Waals surface area contributed by atoms with E-state index in [-0.39, 0.29) is 5.92 Å². The van der Waals surface area contributed by atoms with Gasteiger partial charge in [-0.1, -0.05) is 41.3 Å². The molecule has 1 atom stereocenters. The predicted molar refractivity (Wildman–Crippen MR) is 77.8 cm³/mol. The third-order valence-corrected chi connectivity index (χ3v) is 4.32. The lowest BCUT2D eigenvalue weighted by Crippen LogP contribution is -2.14. The fraction of sp³-hybridized carbons (Fsp3) is 0.400. The third-order valence-electron chi connectivity index (χ3n) is 3.61. The maximum Gasteiger partial charge on any atom is 0.328 e. The van der Waals surface area contributed by atoms with Gasteiger partial charge in [0.05, 0.1) is 0 Å². The summed E-state index contributed by atoms with van der Waals surface area (Å²) < 4.78 is 0. The van der Waals surface area contributed by atoms with Crippen molar-refractivity contribution in [2.45, 2.75) is 32.1 Å². The van der Waals surface area contributed by atoms with Gasteiger partial charge < -0.3 is 5.11 Å². The number of aliphatic carboxylic acids is 1. The van der Waals surface area contributed by atoms with Crippen molar-refractivity contribution < 1.29 is 9.90 Å². The van der Waals surface area contributed by atoms with Crippen LogP contribution in [-0.4, -0.2) is 11.1 Å². The first-order valence-electron chi connectivity index (χ1n) is 6.44. The van der Waals surface area contributed by atoms with Crippen LogP contribution in [0, 0.1) is 5.92 Å². The summed E-state index contributed by atoms with van der Waals surface area (Å²) in [7, 11) is 0. The van der Waals surface area contributed by atoms with Gasteiger partial charge in [0.1, 0.15) is 0 Å². The molecule has 0 bridgehead atoms. The summed E-state index contributed by atoms with van der Waals surface area (Å²) in [5.41, 5.74) is 1.93. The Morgan fingerprint density at radius 3 is 2.63 bits per heavy atom. The van der Waals surface area contributed by atoms with Crippen LogP contribution < -0.4 is 0 Å². The maximum absolute atomic E-state index is 10.9. The fourth-order valence-corrected chi connectivity index (χ4v) is 3.22. The van der Waals surface area contributed by atoms with Crippen LogP contribution in [0.15, 0.2) is 29.8 Å². The van der Waals surface area contributed by atoms with Gasteiger partial charge in [-0.3, -0.25) is 0 Å². The molecule has 0 radical (unpaired) electrons. The summed E-state index contributed by atoms with van der Waals surface area (Å²) in [6.07, 6.45) is 6.13. The molecule has 0 unspecified atom stereocenters. The smallest absolute Gasteiger partial charge is 0.328 e. The van der Waals surface area contributed by atoms with Gasteiger partial charge in [-0.25, -0.2) is 4.79 Å². The Morgan fingerprint density at radius 2 is 2.00 bits per heavy atom. The Bertz CT molecular complexity index is 489. The number of allylic oxidation sites excluding steroid dienone is 1. The molecule has 1 fully saturated rings. The van der Waals surface area contributed by atoms with E-state index in [2.05, 4.69) is 0 Å². The van der Waals surface area contributed by atoms with Crippen molar-refractivity contribution in [1.82, 2.24) is 0 Å². The Hall–Kier alpha value is -0.990. The summed E-state index contributed by atoms with van der Waals surface area (Å²) in [5.74, 6) is -0.630. The minimum Gasteiger partial charge on any atom is -0.478 e. The molecule has 19 heavy (non-hydrogen) atoms. The van der Waals surface area contributed by atoms with Crippen molar-refractivity contribution in [2.75, 3.05) is 0 Å². The topological polar surface area (TPSA) is 37.3 Å². The molecule has 0 aromatic heterocycles. The minimum atomic E-state index is -0.868. The molecule has 102 valence electrons. The average Bonchev–Trinajstić information content (AvgIpc) is 2.35. The first-order valence-corrected chi connectivity index (χ1v) is 7.20. The van der Waals surface area contributed by atoms with Crippen molar-refractivity contribution in [3.05, 3.63) is 45.5 Å². The van der Waals surface area contributed by atoms with Gasteiger partial charge in [-0.2, -0.15) is 0 Å². The fourth-order valence-electron chi connectivity index (χ4n) is 2.66. The van der Waals surface area contributed by atoms with Gasteiger partial charge in [-0.15, -0.1) is 0 Å². The van der Waals surface area contributed by atoms with E-state index in [4.69, 9.17) is 28.3 Å². The second-order valence-electron chi connectivity index (χ2n) is 4.90. The number of carboxylic acids is 1. The largest absolute Gasteiger partial charge is 0.478 e. The number of carboxylic acid groups (broad SMARTS) is 1. The molecule has 1 N–H and O–H groups in total. The summed E-state index contributed by atoms with van der Waals surface area (Å²) in [6.45, 7) is 0. The van der Waals surface area contributed by atoms with Crippen LogP contribution in [0.5, 0.6) is 0 Å². The summed E-state index contributed by atoms with van der Waals surface area (Å²) in [6, 6.07) is 5.47. The van der Waals surface area contributed by atoms with Crippen molar-refractivity contribution in [1.29, 1.82) is 0 Å². The van der Waals surface area contributed by atoms with Crippen molar-refractivity contribution in [2.24, 2.45) is 5.92 Å². The molecule has 0 heterocycles. The zero-order valence-corrected chi connectivity index (χ0v) is 12.0. The Kier molecular flexibility index (Phi) is 4.89. The number of benzene rings is 1. The zero-order valence-electron chi connectivity index (χ0n) is 10.5. The molecule has 0 saturated heterocycles. The average molecular weight is 299 g/mol. The van der Waals surface area contributed by atoms with Gasteiger partial charge in [0.25, 0.3) is 0 Å². The number of rotatable bonds is 3. The first kappa shape index (κ1) is 14.4. The summed E-state index contributed by atoms with van der Waals surface area (Å²) in [5, 5.41) is 10.3. The standard InChI is InChI=1S/C15H16Cl2O2/c16-13-6-3-7-14(17)12(13)8-10-4-1-2-5-11(10)9-15(18)19/h3,6-7,9-10H,1-2,4-5,8H2,(H,18,19)/t10-/m0/s1. The SMILES string of the molecule is O=C(O)C=C1CCCC[C@H]1Cc1c(Cl)cccc1Cl. The minimum absolute atomic E-state index is 0.238. The van der Waals surface area contributed by atoms with Crippen molar-refractivity contribution in [3.63, 3.8) is 0 Å². The highest BCUT2D eigenvalue weighted by atomic mass is 35.5. The zero-order chi connectivity index (χ0) is 13.8. The second kappa shape index (κ2) is 6.44. The van der Waals surface area contributed by atoms with E-state index in [1.165, 1.54) is 6.08 Å². The molecule has 1 aromatic carbocycles. The molecule has 2 nitrogen and oxygen atoms in total. The van der Waals surface area contributed by atoms with Gasteiger partial charge in [-0.05, 0) is 49.3 Å². The van der Waals surface area contributed by atoms with Crippen LogP contribution in [0.4, 0.5) is 0 Å². The first-order chi connectivity index (χ1) is 9.08. The number of carbonyl (C=O) groups is 1. The van der Waals surface area contributed by atoms with Gasteiger partial charge >= 0.3 is 5.97 Å². The van der Waals surface area contributed by atoms with E-state index in [1.54, 1.807) is 0 Å². The quantitative estimate of drug-likeness (QED) is 0.819. The van der Waals surface area contributed by atoms with Crippen molar-refractivity contribution >= 4 is 29.2 Å². The molecule has 1 aromatic rings. The highest BCUT2D eigenvalue weighted by molar-refractivity contribution is 6.36. The molecule has 4 heteroatoms. The molecule has 0 aliphatic heterocycles. The van der Waals surface area contributed by atoms with E-state index < -0.39 is 5.97 Å². The van der Waals surface area contributed by atoms with Gasteiger partial charge in [0, 0.05) is 16.1 Å². The number of hydrogen-bond acceptors (Lipinski definition) is 1. The van der Waals surface area contributed by atoms with E-state index in [1.807, 2.05) is 18.2 Å². The molecule has 0 amide bonds. The summed E-state index contributed by atoms with van der Waals surface area (Å²) >= 11 is 12.4. The van der Waals surface area contributed by atoms with E-state index >= 15 is 0 Å². The number of hydrogen-bond donors (Lipinski definition) is 1. The second-order valence-corrected chi connectivity index (χ2v) is 5.72. The van der Waals surface area contributed by atoms with E-state index in [0.717, 1.165) is 43.2 Å². The molecular formula is C15H16Cl2O2. The lowest BCUT2D eigenvalue weighted by molar-refractivity contribution is -0.131. The monoisotopic (exact) mass is 298 g/mol. The van der Waals surface area contributed by atoms with Gasteiger partial charge in [0.15, 0.2) is 0 Å². The van der Waals surface area contributed by atoms with Crippen LogP contribution >= 0.6 is 23.2 Å². The lowest BCUT2D eigenvalue weighted by atomic mass is 9.80. The maximum atomic E-state index is 10.9. The predicted octanol–water partition coefficient (Wildman–Crippen LogP) is 4.74.